The van der Waals surface area contributed by atoms with Crippen molar-refractivity contribution in [3.63, 3.8) is 0 Å². The summed E-state index contributed by atoms with van der Waals surface area (Å²) in [4.78, 5) is 0. The number of hydrogen-bond acceptors (Lipinski definition) is 2. The SMILES string of the molecule is NC1CCCc2c1cnn2CCCc1ccccc1. The summed E-state index contributed by atoms with van der Waals surface area (Å²) in [5.74, 6) is 0. The first kappa shape index (κ1) is 12.4. The van der Waals surface area contributed by atoms with Crippen molar-refractivity contribution in [2.45, 2.75) is 44.7 Å². The van der Waals surface area contributed by atoms with Gasteiger partial charge in [-0.05, 0) is 37.7 Å². The van der Waals surface area contributed by atoms with Crippen molar-refractivity contribution >= 4 is 0 Å². The van der Waals surface area contributed by atoms with Crippen LogP contribution in [-0.4, -0.2) is 9.78 Å². The minimum absolute atomic E-state index is 0.201. The van der Waals surface area contributed by atoms with Crippen LogP contribution in [0.25, 0.3) is 0 Å². The second-order valence-electron chi connectivity index (χ2n) is 5.36. The van der Waals surface area contributed by atoms with Gasteiger partial charge in [0.25, 0.3) is 0 Å². The normalized spacial score (nSPS) is 18.3. The van der Waals surface area contributed by atoms with Crippen LogP contribution in [-0.2, 0) is 19.4 Å². The van der Waals surface area contributed by atoms with Gasteiger partial charge in [-0.3, -0.25) is 4.68 Å². The van der Waals surface area contributed by atoms with Crippen LogP contribution < -0.4 is 5.73 Å². The first-order valence-corrected chi connectivity index (χ1v) is 7.18. The highest BCUT2D eigenvalue weighted by atomic mass is 15.3. The molecule has 1 aliphatic carbocycles. The molecule has 0 aliphatic heterocycles. The standard InChI is InChI=1S/C16H21N3/c17-15-9-4-10-16-14(15)12-18-19(16)11-5-8-13-6-2-1-3-7-13/h1-3,6-7,12,15H,4-5,8-11,17H2. The Bertz CT molecular complexity index is 530. The molecular weight excluding hydrogens is 234 g/mol. The van der Waals surface area contributed by atoms with E-state index in [9.17, 15) is 0 Å². The smallest absolute Gasteiger partial charge is 0.0540 e. The lowest BCUT2D eigenvalue weighted by atomic mass is 9.94. The molecule has 0 saturated carbocycles. The zero-order chi connectivity index (χ0) is 13.1. The highest BCUT2D eigenvalue weighted by Crippen LogP contribution is 2.27. The lowest BCUT2D eigenvalue weighted by Crippen LogP contribution is -2.18. The van der Waals surface area contributed by atoms with Crippen LogP contribution >= 0.6 is 0 Å². The lowest BCUT2D eigenvalue weighted by molar-refractivity contribution is 0.509. The molecule has 1 unspecified atom stereocenters. The molecule has 100 valence electrons. The van der Waals surface area contributed by atoms with E-state index in [-0.39, 0.29) is 6.04 Å². The van der Waals surface area contributed by atoms with Crippen LogP contribution in [0.5, 0.6) is 0 Å². The fraction of sp³-hybridized carbons (Fsp3) is 0.438. The Labute approximate surface area is 114 Å². The monoisotopic (exact) mass is 255 g/mol. The van der Waals surface area contributed by atoms with Gasteiger partial charge in [0.05, 0.1) is 6.20 Å². The molecule has 0 bridgehead atoms. The van der Waals surface area contributed by atoms with Gasteiger partial charge >= 0.3 is 0 Å². The molecule has 0 spiro atoms. The third-order valence-corrected chi connectivity index (χ3v) is 3.99. The van der Waals surface area contributed by atoms with E-state index < -0.39 is 0 Å². The molecule has 0 radical (unpaired) electrons. The molecule has 1 aliphatic rings. The highest BCUT2D eigenvalue weighted by molar-refractivity contribution is 5.24. The molecule has 3 heteroatoms. The fourth-order valence-corrected chi connectivity index (χ4v) is 2.92. The molecule has 1 heterocycles. The second kappa shape index (κ2) is 5.57. The van der Waals surface area contributed by atoms with Crippen molar-refractivity contribution in [1.82, 2.24) is 9.78 Å². The number of aromatic nitrogens is 2. The second-order valence-corrected chi connectivity index (χ2v) is 5.36. The summed E-state index contributed by atoms with van der Waals surface area (Å²) in [7, 11) is 0. The molecule has 0 saturated heterocycles. The van der Waals surface area contributed by atoms with Crippen LogP contribution in [0.2, 0.25) is 0 Å². The molecule has 2 aromatic rings. The zero-order valence-electron chi connectivity index (χ0n) is 11.3. The first-order chi connectivity index (χ1) is 9.34. The summed E-state index contributed by atoms with van der Waals surface area (Å²) in [6, 6.07) is 10.8. The van der Waals surface area contributed by atoms with E-state index in [1.54, 1.807) is 0 Å². The Morgan fingerprint density at radius 3 is 2.95 bits per heavy atom. The van der Waals surface area contributed by atoms with E-state index in [1.807, 2.05) is 6.20 Å². The number of fused-ring (bicyclic) bond motifs is 1. The van der Waals surface area contributed by atoms with Crippen LogP contribution in [0.4, 0.5) is 0 Å². The van der Waals surface area contributed by atoms with Crippen molar-refractivity contribution in [2.24, 2.45) is 5.73 Å². The van der Waals surface area contributed by atoms with Crippen LogP contribution in [0.15, 0.2) is 36.5 Å². The summed E-state index contributed by atoms with van der Waals surface area (Å²) in [5.41, 5.74) is 10.2. The quantitative estimate of drug-likeness (QED) is 0.913. The maximum absolute atomic E-state index is 6.13. The van der Waals surface area contributed by atoms with E-state index in [1.165, 1.54) is 23.2 Å². The van der Waals surface area contributed by atoms with E-state index in [0.29, 0.717) is 0 Å². The molecule has 2 N–H and O–H groups in total. The van der Waals surface area contributed by atoms with Crippen molar-refractivity contribution in [3.05, 3.63) is 53.3 Å². The molecule has 0 fully saturated rings. The summed E-state index contributed by atoms with van der Waals surface area (Å²) in [5, 5.41) is 4.52. The average molecular weight is 255 g/mol. The molecular formula is C16H21N3. The maximum atomic E-state index is 6.13. The van der Waals surface area contributed by atoms with Gasteiger partial charge in [-0.1, -0.05) is 30.3 Å². The first-order valence-electron chi connectivity index (χ1n) is 7.18. The van der Waals surface area contributed by atoms with Crippen molar-refractivity contribution in [1.29, 1.82) is 0 Å². The third kappa shape index (κ3) is 2.71. The molecule has 1 aromatic carbocycles. The zero-order valence-corrected chi connectivity index (χ0v) is 11.3. The van der Waals surface area contributed by atoms with Gasteiger partial charge in [-0.15, -0.1) is 0 Å². The Kier molecular flexibility index (Phi) is 3.65. The van der Waals surface area contributed by atoms with Gasteiger partial charge in [-0.25, -0.2) is 0 Å². The van der Waals surface area contributed by atoms with Crippen molar-refractivity contribution in [2.75, 3.05) is 0 Å². The van der Waals surface area contributed by atoms with E-state index in [4.69, 9.17) is 5.73 Å². The molecule has 1 atom stereocenters. The Morgan fingerprint density at radius 1 is 1.26 bits per heavy atom. The highest BCUT2D eigenvalue weighted by Gasteiger charge is 2.20. The van der Waals surface area contributed by atoms with Crippen LogP contribution in [0.1, 0.15) is 42.1 Å². The predicted molar refractivity (Wildman–Crippen MR) is 76.9 cm³/mol. The van der Waals surface area contributed by atoms with Gasteiger partial charge in [-0.2, -0.15) is 5.10 Å². The molecule has 0 amide bonds. The summed E-state index contributed by atoms with van der Waals surface area (Å²) >= 11 is 0. The predicted octanol–water partition coefficient (Wildman–Crippen LogP) is 2.85. The van der Waals surface area contributed by atoms with Gasteiger partial charge in [0.15, 0.2) is 0 Å². The number of aryl methyl sites for hydroxylation is 2. The number of hydrogen-bond donors (Lipinski definition) is 1. The molecule has 3 rings (SSSR count). The van der Waals surface area contributed by atoms with E-state index >= 15 is 0 Å². The van der Waals surface area contributed by atoms with Gasteiger partial charge in [0.2, 0.25) is 0 Å². The number of nitrogens with two attached hydrogens (primary N) is 1. The van der Waals surface area contributed by atoms with E-state index in [2.05, 4.69) is 40.1 Å². The molecule has 19 heavy (non-hydrogen) atoms. The minimum atomic E-state index is 0.201. The van der Waals surface area contributed by atoms with Gasteiger partial charge < -0.3 is 5.73 Å². The topological polar surface area (TPSA) is 43.8 Å². The number of nitrogens with zero attached hydrogens (tertiary/aromatic N) is 2. The molecule has 3 nitrogen and oxygen atoms in total. The summed E-state index contributed by atoms with van der Waals surface area (Å²) in [6.45, 7) is 0.997. The third-order valence-electron chi connectivity index (χ3n) is 3.99. The average Bonchev–Trinajstić information content (AvgIpc) is 2.85. The maximum Gasteiger partial charge on any atom is 0.0540 e. The number of benzene rings is 1. The van der Waals surface area contributed by atoms with Crippen molar-refractivity contribution in [3.8, 4) is 0 Å². The Hall–Kier alpha value is -1.61. The Balaban J connectivity index is 1.62. The fourth-order valence-electron chi connectivity index (χ4n) is 2.92. The number of rotatable bonds is 4. The Morgan fingerprint density at radius 2 is 2.11 bits per heavy atom. The summed E-state index contributed by atoms with van der Waals surface area (Å²) < 4.78 is 2.16. The largest absolute Gasteiger partial charge is 0.324 e. The van der Waals surface area contributed by atoms with E-state index in [0.717, 1.165) is 32.2 Å². The minimum Gasteiger partial charge on any atom is -0.324 e. The van der Waals surface area contributed by atoms with Gasteiger partial charge in [0, 0.05) is 23.8 Å². The summed E-state index contributed by atoms with van der Waals surface area (Å²) in [6.07, 6.45) is 7.65. The van der Waals surface area contributed by atoms with Crippen molar-refractivity contribution < 1.29 is 0 Å². The lowest BCUT2D eigenvalue weighted by Gasteiger charge is -2.19. The van der Waals surface area contributed by atoms with Crippen LogP contribution in [0.3, 0.4) is 0 Å². The molecule has 1 aromatic heterocycles. The van der Waals surface area contributed by atoms with Crippen LogP contribution in [0, 0.1) is 0 Å². The van der Waals surface area contributed by atoms with Gasteiger partial charge in [0.1, 0.15) is 0 Å².